The molecule has 0 radical (unpaired) electrons. The number of carboxylic acid groups (broad SMARTS) is 1. The van der Waals surface area contributed by atoms with Gasteiger partial charge in [-0.2, -0.15) is 0 Å². The highest BCUT2D eigenvalue weighted by atomic mass is 16.4. The first kappa shape index (κ1) is 13.3. The van der Waals surface area contributed by atoms with Crippen LogP contribution >= 0.6 is 0 Å². The Kier molecular flexibility index (Phi) is 6.95. The third kappa shape index (κ3) is 6.65. The van der Waals surface area contributed by atoms with Crippen LogP contribution in [0.5, 0.6) is 0 Å². The van der Waals surface area contributed by atoms with Gasteiger partial charge in [0.1, 0.15) is 0 Å². The van der Waals surface area contributed by atoms with Gasteiger partial charge in [-0.25, -0.2) is 0 Å². The fraction of sp³-hybridized carbons (Fsp3) is 0.786. The maximum absolute atomic E-state index is 10.3. The van der Waals surface area contributed by atoms with Crippen molar-refractivity contribution >= 4 is 5.97 Å². The fourth-order valence-electron chi connectivity index (χ4n) is 2.33. The molecule has 1 aliphatic carbocycles. The van der Waals surface area contributed by atoms with E-state index in [4.69, 9.17) is 5.11 Å². The molecule has 0 unspecified atom stereocenters. The Hall–Kier alpha value is -0.790. The van der Waals surface area contributed by atoms with Crippen LogP contribution in [-0.2, 0) is 4.79 Å². The first-order valence-corrected chi connectivity index (χ1v) is 6.67. The van der Waals surface area contributed by atoms with Gasteiger partial charge in [0, 0.05) is 6.42 Å². The van der Waals surface area contributed by atoms with Crippen molar-refractivity contribution in [1.29, 1.82) is 0 Å². The molecule has 0 saturated heterocycles. The van der Waals surface area contributed by atoms with E-state index in [9.17, 15) is 4.79 Å². The lowest BCUT2D eigenvalue weighted by Crippen LogP contribution is -1.94. The average Bonchev–Trinajstić information content (AvgIpc) is 2.74. The molecule has 92 valence electrons. The van der Waals surface area contributed by atoms with Gasteiger partial charge in [-0.05, 0) is 31.6 Å². The minimum atomic E-state index is -0.659. The lowest BCUT2D eigenvalue weighted by molar-refractivity contribution is -0.137. The highest BCUT2D eigenvalue weighted by Crippen LogP contribution is 2.23. The number of allylic oxidation sites excluding steroid dienone is 2. The number of unbranched alkanes of at least 4 members (excludes halogenated alkanes) is 5. The van der Waals surface area contributed by atoms with Gasteiger partial charge in [-0.3, -0.25) is 4.79 Å². The summed E-state index contributed by atoms with van der Waals surface area (Å²) in [6.07, 6.45) is 16.1. The van der Waals surface area contributed by atoms with Crippen molar-refractivity contribution < 1.29 is 9.90 Å². The number of hydrogen-bond donors (Lipinski definition) is 1. The molecule has 0 heterocycles. The quantitative estimate of drug-likeness (QED) is 0.471. The highest BCUT2D eigenvalue weighted by Gasteiger charge is 2.07. The van der Waals surface area contributed by atoms with E-state index in [0.29, 0.717) is 6.42 Å². The summed E-state index contributed by atoms with van der Waals surface area (Å²) in [5.74, 6) is 0.194. The lowest BCUT2D eigenvalue weighted by Gasteiger charge is -2.06. The summed E-state index contributed by atoms with van der Waals surface area (Å²) in [4.78, 5) is 10.3. The molecule has 2 nitrogen and oxygen atoms in total. The first-order valence-electron chi connectivity index (χ1n) is 6.67. The van der Waals surface area contributed by atoms with Gasteiger partial charge >= 0.3 is 5.97 Å². The van der Waals surface area contributed by atoms with Crippen LogP contribution in [0.3, 0.4) is 0 Å². The van der Waals surface area contributed by atoms with Crippen LogP contribution in [0.1, 0.15) is 64.2 Å². The van der Waals surface area contributed by atoms with Crippen LogP contribution in [0.25, 0.3) is 0 Å². The number of hydrogen-bond acceptors (Lipinski definition) is 1. The molecule has 0 aromatic carbocycles. The molecular weight excluding hydrogens is 200 g/mol. The summed E-state index contributed by atoms with van der Waals surface area (Å²) in [7, 11) is 0. The Morgan fingerprint density at radius 3 is 2.44 bits per heavy atom. The number of carbonyl (C=O) groups is 1. The topological polar surface area (TPSA) is 37.3 Å². The molecule has 0 fully saturated rings. The van der Waals surface area contributed by atoms with Crippen LogP contribution in [0.2, 0.25) is 0 Å². The fourth-order valence-corrected chi connectivity index (χ4v) is 2.33. The van der Waals surface area contributed by atoms with Crippen molar-refractivity contribution in [3.63, 3.8) is 0 Å². The zero-order chi connectivity index (χ0) is 11.6. The number of rotatable bonds is 9. The van der Waals surface area contributed by atoms with Gasteiger partial charge in [0.25, 0.3) is 0 Å². The summed E-state index contributed by atoms with van der Waals surface area (Å²) in [5.41, 5.74) is 0. The molecule has 0 aliphatic heterocycles. The Morgan fingerprint density at radius 1 is 1.12 bits per heavy atom. The number of aliphatic carboxylic acids is 1. The molecule has 0 saturated carbocycles. The van der Waals surface area contributed by atoms with Crippen molar-refractivity contribution in [3.8, 4) is 0 Å². The van der Waals surface area contributed by atoms with Gasteiger partial charge in [-0.1, -0.05) is 44.3 Å². The highest BCUT2D eigenvalue weighted by molar-refractivity contribution is 5.66. The summed E-state index contributed by atoms with van der Waals surface area (Å²) >= 11 is 0. The van der Waals surface area contributed by atoms with Gasteiger partial charge in [-0.15, -0.1) is 0 Å². The van der Waals surface area contributed by atoms with E-state index in [1.54, 1.807) is 0 Å². The third-order valence-electron chi connectivity index (χ3n) is 3.33. The lowest BCUT2D eigenvalue weighted by atomic mass is 10.00. The average molecular weight is 224 g/mol. The largest absolute Gasteiger partial charge is 0.481 e. The molecule has 0 amide bonds. The molecule has 0 spiro atoms. The van der Waals surface area contributed by atoms with E-state index >= 15 is 0 Å². The van der Waals surface area contributed by atoms with E-state index in [1.165, 1.54) is 44.9 Å². The zero-order valence-electron chi connectivity index (χ0n) is 10.2. The Labute approximate surface area is 98.7 Å². The van der Waals surface area contributed by atoms with Crippen molar-refractivity contribution in [2.24, 2.45) is 5.92 Å². The predicted octanol–water partition coefficient (Wildman–Crippen LogP) is 4.16. The Morgan fingerprint density at radius 2 is 1.81 bits per heavy atom. The van der Waals surface area contributed by atoms with Gasteiger partial charge in [0.15, 0.2) is 0 Å². The molecule has 0 bridgehead atoms. The summed E-state index contributed by atoms with van der Waals surface area (Å²) < 4.78 is 0. The molecule has 1 N–H and O–H groups in total. The van der Waals surface area contributed by atoms with Crippen molar-refractivity contribution in [2.45, 2.75) is 64.2 Å². The maximum atomic E-state index is 10.3. The standard InChI is InChI=1S/C14H24O2/c15-14(16)12-6-4-2-1-3-5-9-13-10-7-8-11-13/h7,10,13H,1-6,8-9,11-12H2,(H,15,16)/t13-/m0/s1. The SMILES string of the molecule is O=C(O)CCCCCCCC[C@H]1C=CCC1. The van der Waals surface area contributed by atoms with Crippen LogP contribution in [0.4, 0.5) is 0 Å². The molecule has 1 atom stereocenters. The Balaban J connectivity index is 1.77. The molecule has 1 rings (SSSR count). The van der Waals surface area contributed by atoms with Gasteiger partial charge in [0.05, 0.1) is 0 Å². The second-order valence-electron chi connectivity index (χ2n) is 4.82. The molecular formula is C14H24O2. The van der Waals surface area contributed by atoms with E-state index in [-0.39, 0.29) is 0 Å². The first-order chi connectivity index (χ1) is 7.79. The molecule has 0 aromatic rings. The molecule has 0 aromatic heterocycles. The van der Waals surface area contributed by atoms with Gasteiger partial charge < -0.3 is 5.11 Å². The minimum absolute atomic E-state index is 0.340. The smallest absolute Gasteiger partial charge is 0.303 e. The van der Waals surface area contributed by atoms with E-state index in [0.717, 1.165) is 18.8 Å². The molecule has 1 aliphatic rings. The van der Waals surface area contributed by atoms with Gasteiger partial charge in [0.2, 0.25) is 0 Å². The van der Waals surface area contributed by atoms with Crippen LogP contribution in [0, 0.1) is 5.92 Å². The zero-order valence-corrected chi connectivity index (χ0v) is 10.2. The Bertz CT molecular complexity index is 221. The van der Waals surface area contributed by atoms with E-state index in [2.05, 4.69) is 12.2 Å². The second kappa shape index (κ2) is 8.37. The van der Waals surface area contributed by atoms with Crippen LogP contribution < -0.4 is 0 Å². The predicted molar refractivity (Wildman–Crippen MR) is 66.4 cm³/mol. The normalized spacial score (nSPS) is 19.1. The summed E-state index contributed by atoms with van der Waals surface area (Å²) in [6.45, 7) is 0. The monoisotopic (exact) mass is 224 g/mol. The van der Waals surface area contributed by atoms with Crippen molar-refractivity contribution in [1.82, 2.24) is 0 Å². The van der Waals surface area contributed by atoms with Crippen molar-refractivity contribution in [2.75, 3.05) is 0 Å². The third-order valence-corrected chi connectivity index (χ3v) is 3.33. The van der Waals surface area contributed by atoms with E-state index < -0.39 is 5.97 Å². The minimum Gasteiger partial charge on any atom is -0.481 e. The maximum Gasteiger partial charge on any atom is 0.303 e. The molecule has 16 heavy (non-hydrogen) atoms. The number of carboxylic acids is 1. The van der Waals surface area contributed by atoms with Crippen LogP contribution in [-0.4, -0.2) is 11.1 Å². The van der Waals surface area contributed by atoms with Crippen molar-refractivity contribution in [3.05, 3.63) is 12.2 Å². The summed E-state index contributed by atoms with van der Waals surface area (Å²) in [5, 5.41) is 8.47. The van der Waals surface area contributed by atoms with E-state index in [1.807, 2.05) is 0 Å². The molecule has 2 heteroatoms. The van der Waals surface area contributed by atoms with Crippen LogP contribution in [0.15, 0.2) is 12.2 Å². The summed E-state index contributed by atoms with van der Waals surface area (Å²) in [6, 6.07) is 0. The second-order valence-corrected chi connectivity index (χ2v) is 4.82.